The molecule has 33 heavy (non-hydrogen) atoms. The van der Waals surface area contributed by atoms with E-state index in [-0.39, 0.29) is 5.91 Å². The maximum Gasteiger partial charge on any atom is 0.226 e. The number of halogens is 2. The monoisotopic (exact) mass is 479 g/mol. The summed E-state index contributed by atoms with van der Waals surface area (Å²) < 4.78 is 0. The van der Waals surface area contributed by atoms with Crippen molar-refractivity contribution in [1.82, 2.24) is 9.88 Å². The van der Waals surface area contributed by atoms with Gasteiger partial charge in [-0.1, -0.05) is 40.9 Å². The van der Waals surface area contributed by atoms with Crippen molar-refractivity contribution >= 4 is 41.4 Å². The third kappa shape index (κ3) is 5.13. The van der Waals surface area contributed by atoms with Crippen LogP contribution in [0.3, 0.4) is 0 Å². The van der Waals surface area contributed by atoms with Crippen LogP contribution in [0.1, 0.15) is 48.6 Å². The average Bonchev–Trinajstić information content (AvgIpc) is 2.99. The van der Waals surface area contributed by atoms with Gasteiger partial charge in [0.25, 0.3) is 0 Å². The number of amides is 1. The van der Waals surface area contributed by atoms with E-state index in [1.165, 1.54) is 16.7 Å². The van der Waals surface area contributed by atoms with Gasteiger partial charge in [0.2, 0.25) is 5.91 Å². The molecular formula is C27H27Cl2N3O. The van der Waals surface area contributed by atoms with Gasteiger partial charge in [-0.15, -0.1) is 0 Å². The van der Waals surface area contributed by atoms with Gasteiger partial charge in [-0.05, 0) is 85.9 Å². The van der Waals surface area contributed by atoms with Crippen molar-refractivity contribution < 1.29 is 4.79 Å². The lowest BCUT2D eigenvalue weighted by molar-refractivity contribution is -0.130. The second kappa shape index (κ2) is 10.5. The van der Waals surface area contributed by atoms with Crippen LogP contribution >= 0.6 is 23.2 Å². The first-order chi connectivity index (χ1) is 16.0. The van der Waals surface area contributed by atoms with Crippen LogP contribution in [0.15, 0.2) is 65.0 Å². The Morgan fingerprint density at radius 2 is 1.88 bits per heavy atom. The lowest BCUT2D eigenvalue weighted by Crippen LogP contribution is -2.36. The van der Waals surface area contributed by atoms with Crippen LogP contribution in [0.25, 0.3) is 5.57 Å². The molecule has 6 heteroatoms. The molecule has 0 saturated carbocycles. The highest BCUT2D eigenvalue weighted by Gasteiger charge is 2.27. The Bertz CT molecular complexity index is 1170. The fourth-order valence-electron chi connectivity index (χ4n) is 4.62. The van der Waals surface area contributed by atoms with Gasteiger partial charge >= 0.3 is 0 Å². The molecule has 1 saturated heterocycles. The van der Waals surface area contributed by atoms with Crippen molar-refractivity contribution in [2.75, 3.05) is 13.1 Å². The van der Waals surface area contributed by atoms with Crippen molar-refractivity contribution in [2.45, 2.75) is 39.0 Å². The first-order valence-corrected chi connectivity index (χ1v) is 12.0. The summed E-state index contributed by atoms with van der Waals surface area (Å²) in [5.41, 5.74) is 8.02. The van der Waals surface area contributed by atoms with Gasteiger partial charge < -0.3 is 4.90 Å². The molecule has 4 nitrogen and oxygen atoms in total. The van der Waals surface area contributed by atoms with Crippen LogP contribution < -0.4 is 0 Å². The summed E-state index contributed by atoms with van der Waals surface area (Å²) in [6.45, 7) is 6.77. The Kier molecular flexibility index (Phi) is 7.46. The summed E-state index contributed by atoms with van der Waals surface area (Å²) in [7, 11) is 0. The highest BCUT2D eigenvalue weighted by Crippen LogP contribution is 2.40. The molecule has 1 aliphatic heterocycles. The van der Waals surface area contributed by atoms with Crippen LogP contribution in [0.4, 0.5) is 0 Å². The Hall–Kier alpha value is -2.69. The molecule has 4 rings (SSSR count). The number of carbonyl (C=O) groups excluding carboxylic acids is 1. The number of carbonyl (C=O) groups is 1. The molecule has 2 aromatic rings. The Morgan fingerprint density at radius 3 is 2.61 bits per heavy atom. The van der Waals surface area contributed by atoms with E-state index in [1.54, 1.807) is 6.20 Å². The fraction of sp³-hybridized carbons (Fsp3) is 0.296. The van der Waals surface area contributed by atoms with Crippen LogP contribution in [0.2, 0.25) is 10.0 Å². The van der Waals surface area contributed by atoms with E-state index >= 15 is 0 Å². The van der Waals surface area contributed by atoms with Gasteiger partial charge in [0, 0.05) is 31.1 Å². The number of allylic oxidation sites excluding steroid dienone is 2. The summed E-state index contributed by atoms with van der Waals surface area (Å²) in [5, 5.41) is 1.14. The minimum atomic E-state index is 0.135. The first kappa shape index (κ1) is 23.5. The molecule has 2 heterocycles. The summed E-state index contributed by atoms with van der Waals surface area (Å²) >= 11 is 12.8. The summed E-state index contributed by atoms with van der Waals surface area (Å²) in [6, 6.07) is 8.13. The van der Waals surface area contributed by atoms with Gasteiger partial charge in [-0.25, -0.2) is 0 Å². The number of aromatic nitrogens is 1. The van der Waals surface area contributed by atoms with Gasteiger partial charge in [0.05, 0.1) is 22.2 Å². The van der Waals surface area contributed by atoms with Crippen molar-refractivity contribution in [2.24, 2.45) is 4.99 Å². The number of rotatable bonds is 4. The number of pyridine rings is 1. The van der Waals surface area contributed by atoms with Crippen LogP contribution in [0.5, 0.6) is 0 Å². The average molecular weight is 480 g/mol. The normalized spacial score (nSPS) is 16.5. The molecule has 1 fully saturated rings. The number of hydrogen-bond acceptors (Lipinski definition) is 3. The molecule has 0 bridgehead atoms. The molecule has 0 spiro atoms. The van der Waals surface area contributed by atoms with Gasteiger partial charge in [0.15, 0.2) is 0 Å². The zero-order chi connectivity index (χ0) is 23.4. The molecule has 1 aromatic carbocycles. The summed E-state index contributed by atoms with van der Waals surface area (Å²) in [4.78, 5) is 23.4. The van der Waals surface area contributed by atoms with E-state index < -0.39 is 0 Å². The molecular weight excluding hydrogens is 453 g/mol. The Balaban J connectivity index is 1.64. The Labute approximate surface area is 205 Å². The van der Waals surface area contributed by atoms with E-state index in [1.807, 2.05) is 48.4 Å². The maximum absolute atomic E-state index is 12.9. The summed E-state index contributed by atoms with van der Waals surface area (Å²) in [5.74, 6) is 0.135. The summed E-state index contributed by atoms with van der Waals surface area (Å²) in [6.07, 6.45) is 11.0. The van der Waals surface area contributed by atoms with Gasteiger partial charge in [-0.2, -0.15) is 0 Å². The second-order valence-corrected chi connectivity index (χ2v) is 9.15. The number of nitrogens with zero attached hydrogens (tertiary/aromatic N) is 3. The van der Waals surface area contributed by atoms with Gasteiger partial charge in [-0.3, -0.25) is 14.8 Å². The zero-order valence-electron chi connectivity index (χ0n) is 18.8. The molecule has 0 atom stereocenters. The van der Waals surface area contributed by atoms with Crippen LogP contribution in [-0.4, -0.2) is 35.6 Å². The minimum absolute atomic E-state index is 0.135. The number of benzene rings is 1. The minimum Gasteiger partial charge on any atom is -0.342 e. The number of aliphatic imine (C=N–C) groups is 1. The molecule has 0 unspecified atom stereocenters. The number of hydrogen-bond donors (Lipinski definition) is 0. The molecule has 1 aliphatic carbocycles. The quantitative estimate of drug-likeness (QED) is 0.372. The van der Waals surface area contributed by atoms with Crippen molar-refractivity contribution in [3.8, 4) is 0 Å². The lowest BCUT2D eigenvalue weighted by Gasteiger charge is -2.30. The SMILES string of the molecule is C=NC=CC(=CC)CC(=O)N1CCC(=C2c3cc(Cl)c(Cl)cc3CCc3cccnc32)CC1. The second-order valence-electron chi connectivity index (χ2n) is 8.33. The third-order valence-corrected chi connectivity index (χ3v) is 7.12. The fourth-order valence-corrected chi connectivity index (χ4v) is 4.97. The molecule has 0 N–H and O–H groups in total. The predicted octanol–water partition coefficient (Wildman–Crippen LogP) is 6.46. The topological polar surface area (TPSA) is 45.6 Å². The van der Waals surface area contributed by atoms with Crippen LogP contribution in [-0.2, 0) is 17.6 Å². The molecule has 1 amide bonds. The largest absolute Gasteiger partial charge is 0.342 e. The molecule has 1 aromatic heterocycles. The van der Waals surface area contributed by atoms with E-state index in [9.17, 15) is 4.79 Å². The molecule has 2 aliphatic rings. The van der Waals surface area contributed by atoms with E-state index in [0.717, 1.165) is 48.1 Å². The number of aryl methyl sites for hydroxylation is 2. The first-order valence-electron chi connectivity index (χ1n) is 11.2. The Morgan fingerprint density at radius 1 is 1.15 bits per heavy atom. The van der Waals surface area contributed by atoms with Gasteiger partial charge in [0.1, 0.15) is 0 Å². The smallest absolute Gasteiger partial charge is 0.226 e. The zero-order valence-corrected chi connectivity index (χ0v) is 20.3. The predicted molar refractivity (Wildman–Crippen MR) is 137 cm³/mol. The van der Waals surface area contributed by atoms with Crippen LogP contribution in [0, 0.1) is 0 Å². The molecule has 170 valence electrons. The maximum atomic E-state index is 12.9. The number of piperidine rings is 1. The lowest BCUT2D eigenvalue weighted by atomic mass is 9.88. The van der Waals surface area contributed by atoms with E-state index in [4.69, 9.17) is 28.2 Å². The van der Waals surface area contributed by atoms with Crippen molar-refractivity contribution in [1.29, 1.82) is 0 Å². The van der Waals surface area contributed by atoms with E-state index in [0.29, 0.717) is 29.6 Å². The highest BCUT2D eigenvalue weighted by atomic mass is 35.5. The highest BCUT2D eigenvalue weighted by molar-refractivity contribution is 6.42. The van der Waals surface area contributed by atoms with E-state index in [2.05, 4.69) is 17.8 Å². The third-order valence-electron chi connectivity index (χ3n) is 6.40. The van der Waals surface area contributed by atoms with Crippen molar-refractivity contribution in [3.05, 3.63) is 92.4 Å². The molecule has 0 radical (unpaired) electrons. The standard InChI is InChI=1S/C27H27Cl2N3O/c1-3-18(8-12-30-2)15-25(33)32-13-9-19(10-14-32)26-22-17-24(29)23(28)16-21(22)7-6-20-5-4-11-31-27(20)26/h3-5,8,11-12,16-17H,2,6-7,9-10,13-15H2,1H3. The number of fused-ring (bicyclic) bond motifs is 2. The van der Waals surface area contributed by atoms with Crippen molar-refractivity contribution in [3.63, 3.8) is 0 Å². The number of likely N-dealkylation sites (tertiary alicyclic amines) is 1.